The molecule has 1 aromatic heterocycles. The maximum absolute atomic E-state index is 12.1. The standard InChI is InChI=1S/C16H13BrClN3O3S/c17-13-3-1-2-12(8-13)16-20-15(24-21-16)9-19-25(22,23)10-11-4-6-14(18)7-5-11/h1-8,19H,9-10H2. The number of aromatic nitrogens is 2. The maximum atomic E-state index is 12.1. The molecule has 1 heterocycles. The molecule has 0 unspecified atom stereocenters. The number of halogens is 2. The first kappa shape index (κ1) is 18.1. The zero-order valence-corrected chi connectivity index (χ0v) is 16.0. The van der Waals surface area contributed by atoms with Crippen molar-refractivity contribution in [1.29, 1.82) is 0 Å². The molecule has 2 aromatic carbocycles. The van der Waals surface area contributed by atoms with Gasteiger partial charge in [0.2, 0.25) is 21.7 Å². The van der Waals surface area contributed by atoms with E-state index in [1.807, 2.05) is 24.3 Å². The van der Waals surface area contributed by atoms with Gasteiger partial charge in [-0.1, -0.05) is 57.0 Å². The average Bonchev–Trinajstić information content (AvgIpc) is 3.04. The summed E-state index contributed by atoms with van der Waals surface area (Å²) in [5.41, 5.74) is 1.41. The molecular weight excluding hydrogens is 430 g/mol. The van der Waals surface area contributed by atoms with Gasteiger partial charge in [-0.15, -0.1) is 0 Å². The van der Waals surface area contributed by atoms with Crippen LogP contribution in [-0.4, -0.2) is 18.6 Å². The van der Waals surface area contributed by atoms with E-state index in [4.69, 9.17) is 16.1 Å². The van der Waals surface area contributed by atoms with Crippen molar-refractivity contribution in [2.75, 3.05) is 0 Å². The van der Waals surface area contributed by atoms with Crippen molar-refractivity contribution >= 4 is 37.6 Å². The molecule has 0 atom stereocenters. The summed E-state index contributed by atoms with van der Waals surface area (Å²) in [6.45, 7) is -0.0725. The number of hydrogen-bond donors (Lipinski definition) is 1. The van der Waals surface area contributed by atoms with Gasteiger partial charge in [-0.2, -0.15) is 4.98 Å². The SMILES string of the molecule is O=S(=O)(Cc1ccc(Cl)cc1)NCc1nc(-c2cccc(Br)c2)no1. The van der Waals surface area contributed by atoms with Crippen LogP contribution in [0.15, 0.2) is 57.5 Å². The molecule has 130 valence electrons. The summed E-state index contributed by atoms with van der Waals surface area (Å²) in [5, 5.41) is 4.42. The van der Waals surface area contributed by atoms with E-state index in [9.17, 15) is 8.42 Å². The Morgan fingerprint density at radius 2 is 1.92 bits per heavy atom. The molecule has 0 spiro atoms. The van der Waals surface area contributed by atoms with E-state index in [-0.39, 0.29) is 18.2 Å². The van der Waals surface area contributed by atoms with Crippen LogP contribution in [-0.2, 0) is 22.3 Å². The average molecular weight is 443 g/mol. The minimum absolute atomic E-state index is 0.0725. The molecule has 25 heavy (non-hydrogen) atoms. The lowest BCUT2D eigenvalue weighted by Crippen LogP contribution is -2.24. The molecule has 9 heteroatoms. The Labute approximate surface area is 158 Å². The minimum atomic E-state index is -3.54. The van der Waals surface area contributed by atoms with Crippen molar-refractivity contribution in [2.45, 2.75) is 12.3 Å². The van der Waals surface area contributed by atoms with Crippen LogP contribution in [0.25, 0.3) is 11.4 Å². The van der Waals surface area contributed by atoms with Gasteiger partial charge in [-0.05, 0) is 29.8 Å². The Kier molecular flexibility index (Phi) is 5.53. The molecule has 1 N–H and O–H groups in total. The number of rotatable bonds is 6. The summed E-state index contributed by atoms with van der Waals surface area (Å²) in [6, 6.07) is 14.0. The lowest BCUT2D eigenvalue weighted by atomic mass is 10.2. The van der Waals surface area contributed by atoms with Gasteiger partial charge >= 0.3 is 0 Å². The number of nitrogens with one attached hydrogen (secondary N) is 1. The second-order valence-corrected chi connectivity index (χ2v) is 8.39. The first-order valence-corrected chi connectivity index (χ1v) is 10.0. The largest absolute Gasteiger partial charge is 0.338 e. The van der Waals surface area contributed by atoms with Crippen molar-refractivity contribution in [1.82, 2.24) is 14.9 Å². The van der Waals surface area contributed by atoms with Gasteiger partial charge in [0.05, 0.1) is 12.3 Å². The second-order valence-electron chi connectivity index (χ2n) is 5.23. The molecule has 0 aliphatic heterocycles. The summed E-state index contributed by atoms with van der Waals surface area (Å²) in [5.74, 6) is 0.430. The van der Waals surface area contributed by atoms with Crippen LogP contribution < -0.4 is 4.72 Å². The van der Waals surface area contributed by atoms with Gasteiger partial charge in [-0.25, -0.2) is 13.1 Å². The third kappa shape index (κ3) is 5.12. The Hall–Kier alpha value is -1.74. The normalized spacial score (nSPS) is 11.6. The predicted octanol–water partition coefficient (Wildman–Crippen LogP) is 3.77. The highest BCUT2D eigenvalue weighted by molar-refractivity contribution is 9.10. The van der Waals surface area contributed by atoms with E-state index in [1.165, 1.54) is 0 Å². The highest BCUT2D eigenvalue weighted by Crippen LogP contribution is 2.20. The van der Waals surface area contributed by atoms with Crippen LogP contribution in [0.1, 0.15) is 11.5 Å². The monoisotopic (exact) mass is 441 g/mol. The molecule has 0 aliphatic carbocycles. The molecule has 0 saturated heterocycles. The first-order chi connectivity index (χ1) is 11.9. The quantitative estimate of drug-likeness (QED) is 0.628. The molecule has 0 radical (unpaired) electrons. The maximum Gasteiger partial charge on any atom is 0.242 e. The number of nitrogens with zero attached hydrogens (tertiary/aromatic N) is 2. The van der Waals surface area contributed by atoms with Crippen LogP contribution in [0.3, 0.4) is 0 Å². The Bertz CT molecular complexity index is 974. The third-order valence-corrected chi connectivity index (χ3v) is 5.31. The summed E-state index contributed by atoms with van der Waals surface area (Å²) in [7, 11) is -3.54. The van der Waals surface area contributed by atoms with Gasteiger partial charge in [0.1, 0.15) is 0 Å². The highest BCUT2D eigenvalue weighted by Gasteiger charge is 2.15. The summed E-state index contributed by atoms with van der Waals surface area (Å²) < 4.78 is 32.7. The number of sulfonamides is 1. The molecular formula is C16H13BrClN3O3S. The second kappa shape index (κ2) is 7.65. The lowest BCUT2D eigenvalue weighted by Gasteiger charge is -2.04. The van der Waals surface area contributed by atoms with Gasteiger partial charge in [-0.3, -0.25) is 0 Å². The first-order valence-electron chi connectivity index (χ1n) is 7.22. The van der Waals surface area contributed by atoms with E-state index in [0.717, 1.165) is 10.0 Å². The van der Waals surface area contributed by atoms with Crippen LogP contribution in [0.4, 0.5) is 0 Å². The zero-order valence-electron chi connectivity index (χ0n) is 12.8. The topological polar surface area (TPSA) is 85.1 Å². The fourth-order valence-corrected chi connectivity index (χ4v) is 3.70. The van der Waals surface area contributed by atoms with Crippen molar-refractivity contribution in [3.8, 4) is 11.4 Å². The summed E-state index contributed by atoms with van der Waals surface area (Å²) >= 11 is 9.16. The molecule has 3 rings (SSSR count). The lowest BCUT2D eigenvalue weighted by molar-refractivity contribution is 0.376. The van der Waals surface area contributed by atoms with Gasteiger partial charge in [0, 0.05) is 15.1 Å². The fraction of sp³-hybridized carbons (Fsp3) is 0.125. The van der Waals surface area contributed by atoms with Crippen molar-refractivity contribution in [3.63, 3.8) is 0 Å². The van der Waals surface area contributed by atoms with Crippen molar-refractivity contribution in [2.24, 2.45) is 0 Å². The zero-order chi connectivity index (χ0) is 17.9. The van der Waals surface area contributed by atoms with Crippen molar-refractivity contribution < 1.29 is 12.9 Å². The van der Waals surface area contributed by atoms with Crippen LogP contribution in [0, 0.1) is 0 Å². The van der Waals surface area contributed by atoms with Crippen LogP contribution in [0.2, 0.25) is 5.02 Å². The Morgan fingerprint density at radius 1 is 1.16 bits per heavy atom. The van der Waals surface area contributed by atoms with Gasteiger partial charge in [0.15, 0.2) is 0 Å². The molecule has 0 bridgehead atoms. The number of benzene rings is 2. The summed E-state index contributed by atoms with van der Waals surface area (Å²) in [4.78, 5) is 4.20. The minimum Gasteiger partial charge on any atom is -0.338 e. The molecule has 6 nitrogen and oxygen atoms in total. The van der Waals surface area contributed by atoms with E-state index >= 15 is 0 Å². The third-order valence-electron chi connectivity index (χ3n) is 3.26. The molecule has 3 aromatic rings. The van der Waals surface area contributed by atoms with Gasteiger partial charge in [0.25, 0.3) is 0 Å². The molecule has 0 aliphatic rings. The van der Waals surface area contributed by atoms with Crippen LogP contribution >= 0.6 is 27.5 Å². The van der Waals surface area contributed by atoms with Crippen LogP contribution in [0.5, 0.6) is 0 Å². The Morgan fingerprint density at radius 3 is 2.64 bits per heavy atom. The van der Waals surface area contributed by atoms with Crippen molar-refractivity contribution in [3.05, 3.63) is 69.5 Å². The van der Waals surface area contributed by atoms with E-state index in [0.29, 0.717) is 16.4 Å². The smallest absolute Gasteiger partial charge is 0.242 e. The molecule has 0 amide bonds. The molecule has 0 fully saturated rings. The van der Waals surface area contributed by atoms with E-state index in [1.54, 1.807) is 24.3 Å². The van der Waals surface area contributed by atoms with E-state index in [2.05, 4.69) is 30.8 Å². The van der Waals surface area contributed by atoms with Gasteiger partial charge < -0.3 is 4.52 Å². The fourth-order valence-electron chi connectivity index (χ4n) is 2.09. The van der Waals surface area contributed by atoms with E-state index < -0.39 is 10.0 Å². The summed E-state index contributed by atoms with van der Waals surface area (Å²) in [6.07, 6.45) is 0. The Balaban J connectivity index is 1.64. The predicted molar refractivity (Wildman–Crippen MR) is 98.3 cm³/mol. The highest BCUT2D eigenvalue weighted by atomic mass is 79.9. The molecule has 0 saturated carbocycles. The number of hydrogen-bond acceptors (Lipinski definition) is 5.